The highest BCUT2D eigenvalue weighted by molar-refractivity contribution is 9.10. The van der Waals surface area contributed by atoms with Gasteiger partial charge in [-0.2, -0.15) is 0 Å². The molecule has 20 heavy (non-hydrogen) atoms. The van der Waals surface area contributed by atoms with Crippen LogP contribution in [0.3, 0.4) is 0 Å². The number of urea groups is 1. The number of hydrogen-bond donors (Lipinski definition) is 2. The Labute approximate surface area is 127 Å². The van der Waals surface area contributed by atoms with E-state index in [1.165, 1.54) is 0 Å². The minimum Gasteiger partial charge on any atom is -0.331 e. The topological polar surface area (TPSA) is 41.1 Å². The minimum atomic E-state index is -0.205. The van der Waals surface area contributed by atoms with Crippen LogP contribution in [0.5, 0.6) is 0 Å². The van der Waals surface area contributed by atoms with Gasteiger partial charge in [-0.3, -0.25) is 0 Å². The summed E-state index contributed by atoms with van der Waals surface area (Å²) in [4.78, 5) is 12.0. The van der Waals surface area contributed by atoms with E-state index in [9.17, 15) is 4.79 Å². The van der Waals surface area contributed by atoms with Gasteiger partial charge in [0.2, 0.25) is 0 Å². The van der Waals surface area contributed by atoms with Crippen LogP contribution in [0, 0.1) is 6.92 Å². The maximum Gasteiger partial charge on any atom is 0.319 e. The summed E-state index contributed by atoms with van der Waals surface area (Å²) in [6.07, 6.45) is 0. The van der Waals surface area contributed by atoms with Gasteiger partial charge >= 0.3 is 6.03 Å². The van der Waals surface area contributed by atoms with Crippen LogP contribution in [0.15, 0.2) is 53.0 Å². The predicted octanol–water partition coefficient (Wildman–Crippen LogP) is 4.64. The Balaban J connectivity index is 1.97. The third kappa shape index (κ3) is 3.84. The van der Waals surface area contributed by atoms with E-state index in [0.29, 0.717) is 0 Å². The molecule has 2 N–H and O–H groups in total. The molecule has 0 heterocycles. The van der Waals surface area contributed by atoms with Gasteiger partial charge in [0.15, 0.2) is 0 Å². The summed E-state index contributed by atoms with van der Waals surface area (Å²) in [6, 6.07) is 15.3. The third-order valence-electron chi connectivity index (χ3n) is 3.06. The van der Waals surface area contributed by atoms with Crippen molar-refractivity contribution in [2.45, 2.75) is 19.9 Å². The van der Waals surface area contributed by atoms with Crippen molar-refractivity contribution < 1.29 is 4.79 Å². The number of nitrogens with one attached hydrogen (secondary N) is 2. The molecular weight excluding hydrogens is 316 g/mol. The van der Waals surface area contributed by atoms with E-state index in [2.05, 4.69) is 26.6 Å². The van der Waals surface area contributed by atoms with Gasteiger partial charge in [-0.15, -0.1) is 0 Å². The van der Waals surface area contributed by atoms with Gasteiger partial charge in [0.1, 0.15) is 0 Å². The molecule has 2 amide bonds. The average molecular weight is 333 g/mol. The van der Waals surface area contributed by atoms with Gasteiger partial charge in [-0.25, -0.2) is 4.79 Å². The largest absolute Gasteiger partial charge is 0.331 e. The van der Waals surface area contributed by atoms with Gasteiger partial charge in [0.05, 0.1) is 6.04 Å². The zero-order valence-corrected chi connectivity index (χ0v) is 13.1. The van der Waals surface area contributed by atoms with Crippen molar-refractivity contribution in [1.29, 1.82) is 0 Å². The van der Waals surface area contributed by atoms with Crippen molar-refractivity contribution in [3.05, 3.63) is 64.1 Å². The first-order valence-electron chi connectivity index (χ1n) is 6.45. The van der Waals surface area contributed by atoms with Crippen molar-refractivity contribution in [3.63, 3.8) is 0 Å². The van der Waals surface area contributed by atoms with Crippen LogP contribution < -0.4 is 10.6 Å². The standard InChI is InChI=1S/C16H17BrN2O/c1-11-10-14(8-9-15(11)17)19-16(20)18-12(2)13-6-4-3-5-7-13/h3-10,12H,1-2H3,(H2,18,19,20). The van der Waals surface area contributed by atoms with Crippen LogP contribution in [0.1, 0.15) is 24.1 Å². The van der Waals surface area contributed by atoms with Gasteiger partial charge in [0.25, 0.3) is 0 Å². The van der Waals surface area contributed by atoms with Crippen LogP contribution in [-0.2, 0) is 0 Å². The van der Waals surface area contributed by atoms with E-state index in [-0.39, 0.29) is 12.1 Å². The number of carbonyl (C=O) groups excluding carboxylic acids is 1. The number of carbonyl (C=O) groups is 1. The molecule has 0 saturated heterocycles. The summed E-state index contributed by atoms with van der Waals surface area (Å²) in [7, 11) is 0. The molecule has 1 unspecified atom stereocenters. The monoisotopic (exact) mass is 332 g/mol. The van der Waals surface area contributed by atoms with Gasteiger partial charge < -0.3 is 10.6 Å². The van der Waals surface area contributed by atoms with Crippen LogP contribution in [0.2, 0.25) is 0 Å². The first-order valence-corrected chi connectivity index (χ1v) is 7.24. The quantitative estimate of drug-likeness (QED) is 0.844. The van der Waals surface area contributed by atoms with Crippen molar-refractivity contribution in [2.24, 2.45) is 0 Å². The second-order valence-corrected chi connectivity index (χ2v) is 5.55. The molecule has 2 aromatic rings. The maximum absolute atomic E-state index is 12.0. The van der Waals surface area contributed by atoms with E-state index in [1.807, 2.05) is 62.4 Å². The minimum absolute atomic E-state index is 0.0345. The molecule has 104 valence electrons. The fourth-order valence-electron chi connectivity index (χ4n) is 1.91. The molecular formula is C16H17BrN2O. The molecule has 0 saturated carbocycles. The van der Waals surface area contributed by atoms with Crippen LogP contribution in [-0.4, -0.2) is 6.03 Å². The third-order valence-corrected chi connectivity index (χ3v) is 3.95. The molecule has 2 aromatic carbocycles. The van der Waals surface area contributed by atoms with Crippen LogP contribution in [0.25, 0.3) is 0 Å². The molecule has 0 aliphatic heterocycles. The lowest BCUT2D eigenvalue weighted by atomic mass is 10.1. The Morgan fingerprint density at radius 2 is 1.85 bits per heavy atom. The highest BCUT2D eigenvalue weighted by Crippen LogP contribution is 2.20. The molecule has 4 heteroatoms. The number of aryl methyl sites for hydroxylation is 1. The number of amides is 2. The smallest absolute Gasteiger partial charge is 0.319 e. The average Bonchev–Trinajstić information content (AvgIpc) is 2.44. The highest BCUT2D eigenvalue weighted by Gasteiger charge is 2.09. The Morgan fingerprint density at radius 3 is 2.50 bits per heavy atom. The summed E-state index contributed by atoms with van der Waals surface area (Å²) in [6.45, 7) is 3.95. The Kier molecular flexibility index (Phi) is 4.79. The first-order chi connectivity index (χ1) is 9.56. The van der Waals surface area contributed by atoms with Crippen molar-refractivity contribution in [3.8, 4) is 0 Å². The van der Waals surface area contributed by atoms with Crippen LogP contribution in [0.4, 0.5) is 10.5 Å². The van der Waals surface area contributed by atoms with Crippen molar-refractivity contribution in [2.75, 3.05) is 5.32 Å². The van der Waals surface area contributed by atoms with E-state index in [0.717, 1.165) is 21.3 Å². The lowest BCUT2D eigenvalue weighted by molar-refractivity contribution is 0.249. The van der Waals surface area contributed by atoms with Crippen molar-refractivity contribution >= 4 is 27.6 Å². The number of hydrogen-bond acceptors (Lipinski definition) is 1. The number of rotatable bonds is 3. The SMILES string of the molecule is Cc1cc(NC(=O)NC(C)c2ccccc2)ccc1Br. The molecule has 0 aliphatic rings. The van der Waals surface area contributed by atoms with E-state index in [1.54, 1.807) is 0 Å². The van der Waals surface area contributed by atoms with Crippen LogP contribution >= 0.6 is 15.9 Å². The van der Waals surface area contributed by atoms with Gasteiger partial charge in [0, 0.05) is 10.2 Å². The summed E-state index contributed by atoms with van der Waals surface area (Å²) < 4.78 is 1.03. The summed E-state index contributed by atoms with van der Waals surface area (Å²) in [5, 5.41) is 5.76. The predicted molar refractivity (Wildman–Crippen MR) is 85.9 cm³/mol. The normalized spacial score (nSPS) is 11.8. The lowest BCUT2D eigenvalue weighted by Crippen LogP contribution is -2.31. The highest BCUT2D eigenvalue weighted by atomic mass is 79.9. The molecule has 1 atom stereocenters. The van der Waals surface area contributed by atoms with E-state index in [4.69, 9.17) is 0 Å². The van der Waals surface area contributed by atoms with Gasteiger partial charge in [-0.05, 0) is 43.2 Å². The zero-order chi connectivity index (χ0) is 14.5. The molecule has 0 radical (unpaired) electrons. The molecule has 3 nitrogen and oxygen atoms in total. The summed E-state index contributed by atoms with van der Waals surface area (Å²) in [5.41, 5.74) is 2.94. The molecule has 2 rings (SSSR count). The Bertz CT molecular complexity index is 599. The molecule has 0 aliphatic carbocycles. The van der Waals surface area contributed by atoms with E-state index >= 15 is 0 Å². The molecule has 0 fully saturated rings. The number of anilines is 1. The zero-order valence-electron chi connectivity index (χ0n) is 11.5. The molecule has 0 aromatic heterocycles. The Hall–Kier alpha value is -1.81. The van der Waals surface area contributed by atoms with E-state index < -0.39 is 0 Å². The summed E-state index contributed by atoms with van der Waals surface area (Å²) >= 11 is 3.44. The summed E-state index contributed by atoms with van der Waals surface area (Å²) in [5.74, 6) is 0. The number of halogens is 1. The molecule has 0 spiro atoms. The van der Waals surface area contributed by atoms with Crippen molar-refractivity contribution in [1.82, 2.24) is 5.32 Å². The second kappa shape index (κ2) is 6.57. The maximum atomic E-state index is 12.0. The first kappa shape index (κ1) is 14.6. The molecule has 0 bridgehead atoms. The van der Waals surface area contributed by atoms with Gasteiger partial charge in [-0.1, -0.05) is 46.3 Å². The lowest BCUT2D eigenvalue weighted by Gasteiger charge is -2.15. The number of benzene rings is 2. The second-order valence-electron chi connectivity index (χ2n) is 4.69. The fraction of sp³-hybridized carbons (Fsp3) is 0.188. The fourth-order valence-corrected chi connectivity index (χ4v) is 2.16. The Morgan fingerprint density at radius 1 is 1.15 bits per heavy atom.